The van der Waals surface area contributed by atoms with E-state index in [0.29, 0.717) is 28.4 Å². The number of anilines is 2. The molecule has 35 heavy (non-hydrogen) atoms. The minimum absolute atomic E-state index is 0.0367. The van der Waals surface area contributed by atoms with Crippen molar-refractivity contribution in [3.8, 4) is 17.6 Å². The first-order valence-corrected chi connectivity index (χ1v) is 10.7. The normalized spacial score (nSPS) is 12.2. The molecule has 0 aliphatic heterocycles. The molecule has 0 spiro atoms. The van der Waals surface area contributed by atoms with Crippen molar-refractivity contribution >= 4 is 28.3 Å². The number of phenolic OH excluding ortho intramolecular Hbond substituents is 1. The van der Waals surface area contributed by atoms with Gasteiger partial charge in [0, 0.05) is 41.8 Å². The van der Waals surface area contributed by atoms with E-state index in [-0.39, 0.29) is 17.9 Å². The highest BCUT2D eigenvalue weighted by atomic mass is 19.1. The number of rotatable bonds is 7. The maximum absolute atomic E-state index is 14.2. The largest absolute Gasteiger partial charge is 0.508 e. The third-order valence-corrected chi connectivity index (χ3v) is 5.37. The van der Waals surface area contributed by atoms with Crippen molar-refractivity contribution in [1.82, 2.24) is 19.9 Å². The molecular formula is C25H23FN6O3. The lowest BCUT2D eigenvalue weighted by Crippen LogP contribution is -2.42. The second-order valence-electron chi connectivity index (χ2n) is 8.53. The van der Waals surface area contributed by atoms with Gasteiger partial charge in [-0.2, -0.15) is 5.26 Å². The van der Waals surface area contributed by atoms with Crippen LogP contribution in [0.15, 0.2) is 61.1 Å². The number of benzene rings is 1. The molecule has 10 heteroatoms. The molecule has 0 unspecified atom stereocenters. The molecule has 1 amide bonds. The Kier molecular flexibility index (Phi) is 6.36. The molecule has 4 N–H and O–H groups in total. The van der Waals surface area contributed by atoms with Crippen molar-refractivity contribution in [3.05, 3.63) is 72.2 Å². The topological polar surface area (TPSA) is 136 Å². The summed E-state index contributed by atoms with van der Waals surface area (Å²) in [6.07, 6.45) is 2.89. The number of hydrogen-bond acceptors (Lipinski definition) is 7. The molecule has 0 aliphatic carbocycles. The van der Waals surface area contributed by atoms with Crippen LogP contribution in [-0.4, -0.2) is 49.0 Å². The molecule has 178 valence electrons. The van der Waals surface area contributed by atoms with Crippen LogP contribution in [0.2, 0.25) is 0 Å². The number of aliphatic hydroxyl groups is 1. The van der Waals surface area contributed by atoms with Crippen molar-refractivity contribution in [2.45, 2.75) is 25.6 Å². The van der Waals surface area contributed by atoms with Crippen LogP contribution in [0.4, 0.5) is 15.8 Å². The number of carbonyl (C=O) groups is 1. The summed E-state index contributed by atoms with van der Waals surface area (Å²) in [5, 5.41) is 35.1. The molecule has 4 aromatic rings. The highest BCUT2D eigenvalue weighted by molar-refractivity contribution is 6.00. The van der Waals surface area contributed by atoms with Crippen molar-refractivity contribution < 1.29 is 19.4 Å². The number of fused-ring (bicyclic) bond motifs is 1. The molecule has 1 atom stereocenters. The van der Waals surface area contributed by atoms with Gasteiger partial charge in [-0.15, -0.1) is 0 Å². The zero-order chi connectivity index (χ0) is 25.2. The van der Waals surface area contributed by atoms with E-state index in [1.807, 2.05) is 0 Å². The lowest BCUT2D eigenvalue weighted by molar-refractivity contribution is -0.00177. The molecule has 0 bridgehead atoms. The van der Waals surface area contributed by atoms with Gasteiger partial charge >= 0.3 is 0 Å². The van der Waals surface area contributed by atoms with Crippen LogP contribution in [0.3, 0.4) is 0 Å². The minimum atomic E-state index is -1.67. The number of pyridine rings is 2. The van der Waals surface area contributed by atoms with Gasteiger partial charge in [0.25, 0.3) is 5.91 Å². The molecule has 1 aromatic carbocycles. The number of aromatic nitrogens is 3. The molecule has 0 saturated carbocycles. The summed E-state index contributed by atoms with van der Waals surface area (Å²) < 4.78 is 15.9. The molecule has 0 saturated heterocycles. The number of amides is 1. The van der Waals surface area contributed by atoms with Crippen LogP contribution in [0.25, 0.3) is 16.9 Å². The Balaban J connectivity index is 1.72. The van der Waals surface area contributed by atoms with Gasteiger partial charge in [-0.25, -0.2) is 14.4 Å². The maximum Gasteiger partial charge on any atom is 0.255 e. The predicted molar refractivity (Wildman–Crippen MR) is 128 cm³/mol. The summed E-state index contributed by atoms with van der Waals surface area (Å²) in [6, 6.07) is 13.6. The number of phenols is 1. The Morgan fingerprint density at radius 1 is 1.23 bits per heavy atom. The van der Waals surface area contributed by atoms with E-state index in [1.54, 1.807) is 41.1 Å². The van der Waals surface area contributed by atoms with Gasteiger partial charge in [0.2, 0.25) is 0 Å². The maximum atomic E-state index is 14.2. The fourth-order valence-electron chi connectivity index (χ4n) is 3.40. The van der Waals surface area contributed by atoms with Gasteiger partial charge in [-0.3, -0.25) is 9.36 Å². The Morgan fingerprint density at radius 3 is 2.74 bits per heavy atom. The molecule has 9 nitrogen and oxygen atoms in total. The summed E-state index contributed by atoms with van der Waals surface area (Å²) >= 11 is 0. The van der Waals surface area contributed by atoms with E-state index in [0.717, 1.165) is 5.39 Å². The first kappa shape index (κ1) is 23.7. The van der Waals surface area contributed by atoms with E-state index >= 15 is 0 Å². The highest BCUT2D eigenvalue weighted by Crippen LogP contribution is 2.27. The number of aromatic hydroxyl groups is 1. The van der Waals surface area contributed by atoms with Gasteiger partial charge in [0.05, 0.1) is 29.0 Å². The average molecular weight is 474 g/mol. The fourth-order valence-corrected chi connectivity index (χ4v) is 3.40. The minimum Gasteiger partial charge on any atom is -0.508 e. The van der Waals surface area contributed by atoms with Crippen molar-refractivity contribution in [2.75, 3.05) is 11.9 Å². The number of alkyl halides is 1. The third-order valence-electron chi connectivity index (χ3n) is 5.37. The zero-order valence-electron chi connectivity index (χ0n) is 19.0. The van der Waals surface area contributed by atoms with Crippen molar-refractivity contribution in [1.29, 1.82) is 5.26 Å². The number of nitriles is 1. The first-order valence-electron chi connectivity index (χ1n) is 10.7. The van der Waals surface area contributed by atoms with Crippen molar-refractivity contribution in [2.24, 2.45) is 0 Å². The smallest absolute Gasteiger partial charge is 0.255 e. The lowest BCUT2D eigenvalue weighted by atomic mass is 10.0. The second kappa shape index (κ2) is 9.40. The number of halogens is 1. The Hall–Kier alpha value is -4.49. The Morgan fingerprint density at radius 2 is 2.03 bits per heavy atom. The molecule has 0 fully saturated rings. The second-order valence-corrected chi connectivity index (χ2v) is 8.53. The quantitative estimate of drug-likeness (QED) is 0.321. The molecular weight excluding hydrogens is 451 g/mol. The lowest BCUT2D eigenvalue weighted by Gasteiger charge is -2.22. The number of nitrogens with one attached hydrogen (secondary N) is 2. The molecule has 3 aromatic heterocycles. The number of nitrogens with zero attached hydrogens (tertiary/aromatic N) is 4. The SMILES string of the molecule is CC(C)(O)[C@H](F)CNC(=O)c1cnc(-n2ccc3cc(C#N)cnc32)cc1Nc1cccc(O)c1. The van der Waals surface area contributed by atoms with Crippen LogP contribution >= 0.6 is 0 Å². The molecule has 0 radical (unpaired) electrons. The van der Waals surface area contributed by atoms with E-state index in [9.17, 15) is 19.4 Å². The van der Waals surface area contributed by atoms with Gasteiger partial charge in [0.1, 0.15) is 29.5 Å². The highest BCUT2D eigenvalue weighted by Gasteiger charge is 2.27. The monoisotopic (exact) mass is 474 g/mol. The standard InChI is InChI=1S/C25H23FN6O3/c1-25(2,35)21(26)14-30-24(34)19-13-28-22(10-20(19)31-17-4-3-5-18(33)9-17)32-7-6-16-8-15(11-27)12-29-23(16)32/h3-10,12-13,21,33,35H,14H2,1-2H3,(H,28,31)(H,30,34)/t21-/m1/s1. The zero-order valence-corrected chi connectivity index (χ0v) is 19.0. The predicted octanol–water partition coefficient (Wildman–Crippen LogP) is 3.58. The van der Waals surface area contributed by atoms with Crippen LogP contribution < -0.4 is 10.6 Å². The average Bonchev–Trinajstić information content (AvgIpc) is 3.25. The number of hydrogen-bond donors (Lipinski definition) is 4. The van der Waals surface area contributed by atoms with Crippen LogP contribution in [0, 0.1) is 11.3 Å². The summed E-state index contributed by atoms with van der Waals surface area (Å²) in [5.41, 5.74) is 0.404. The summed E-state index contributed by atoms with van der Waals surface area (Å²) in [5.74, 6) is -0.112. The van der Waals surface area contributed by atoms with Crippen molar-refractivity contribution in [3.63, 3.8) is 0 Å². The third kappa shape index (κ3) is 5.20. The molecule has 4 rings (SSSR count). The number of carbonyl (C=O) groups excluding carboxylic acids is 1. The van der Waals surface area contributed by atoms with Gasteiger partial charge < -0.3 is 20.8 Å². The van der Waals surface area contributed by atoms with Gasteiger partial charge in [-0.05, 0) is 38.1 Å². The summed E-state index contributed by atoms with van der Waals surface area (Å²) in [4.78, 5) is 21.6. The molecule has 0 aliphatic rings. The molecule has 3 heterocycles. The summed E-state index contributed by atoms with van der Waals surface area (Å²) in [6.45, 7) is 2.26. The Labute approximate surface area is 200 Å². The van der Waals surface area contributed by atoms with E-state index < -0.39 is 17.7 Å². The van der Waals surface area contributed by atoms with Gasteiger partial charge in [0.15, 0.2) is 0 Å². The van der Waals surface area contributed by atoms with E-state index in [2.05, 4.69) is 26.7 Å². The van der Waals surface area contributed by atoms with E-state index in [4.69, 9.17) is 5.26 Å². The van der Waals surface area contributed by atoms with Crippen LogP contribution in [0.5, 0.6) is 5.75 Å². The Bertz CT molecular complexity index is 1440. The fraction of sp³-hybridized carbons (Fsp3) is 0.200. The summed E-state index contributed by atoms with van der Waals surface area (Å²) in [7, 11) is 0. The first-order chi connectivity index (χ1) is 16.7. The van der Waals surface area contributed by atoms with Crippen LogP contribution in [0.1, 0.15) is 29.8 Å². The van der Waals surface area contributed by atoms with Gasteiger partial charge in [-0.1, -0.05) is 6.07 Å². The van der Waals surface area contributed by atoms with E-state index in [1.165, 1.54) is 38.4 Å². The van der Waals surface area contributed by atoms with Crippen LogP contribution in [-0.2, 0) is 0 Å².